The van der Waals surface area contributed by atoms with Gasteiger partial charge in [-0.3, -0.25) is 0 Å². The summed E-state index contributed by atoms with van der Waals surface area (Å²) in [5.41, 5.74) is 3.88. The van der Waals surface area contributed by atoms with Crippen LogP contribution in [0.1, 0.15) is 67.6 Å². The van der Waals surface area contributed by atoms with Gasteiger partial charge < -0.3 is 9.16 Å². The second-order valence-electron chi connectivity index (χ2n) is 11.1. The Hall–Kier alpha value is -1.65. The van der Waals surface area contributed by atoms with Gasteiger partial charge in [-0.05, 0) is 74.7 Å². The van der Waals surface area contributed by atoms with E-state index in [1.54, 1.807) is 0 Å². The zero-order valence-corrected chi connectivity index (χ0v) is 21.6. The lowest BCUT2D eigenvalue weighted by molar-refractivity contribution is 0.0309. The highest BCUT2D eigenvalue weighted by Crippen LogP contribution is 2.43. The van der Waals surface area contributed by atoms with E-state index in [4.69, 9.17) is 9.16 Å². The maximum Gasteiger partial charge on any atom is 0.338 e. The Bertz CT molecular complexity index is 875. The van der Waals surface area contributed by atoms with Crippen LogP contribution >= 0.6 is 0 Å². The van der Waals surface area contributed by atoms with Crippen LogP contribution in [-0.4, -0.2) is 26.5 Å². The zero-order chi connectivity index (χ0) is 23.0. The molecule has 0 bridgehead atoms. The first-order chi connectivity index (χ1) is 14.4. The van der Waals surface area contributed by atoms with E-state index in [9.17, 15) is 4.79 Å². The molecule has 1 aromatic rings. The lowest BCUT2D eigenvalue weighted by atomic mass is 9.94. The fourth-order valence-corrected chi connectivity index (χ4v) is 5.59. The number of carbonyl (C=O) groups excluding carboxylic acids is 1. The summed E-state index contributed by atoms with van der Waals surface area (Å²) in [5.74, 6) is 1.03. The molecule has 4 heteroatoms. The molecule has 1 fully saturated rings. The van der Waals surface area contributed by atoms with Gasteiger partial charge in [0.25, 0.3) is 0 Å². The first-order valence-corrected chi connectivity index (χ1v) is 14.6. The van der Waals surface area contributed by atoms with E-state index >= 15 is 0 Å². The third-order valence-corrected chi connectivity index (χ3v) is 11.7. The Morgan fingerprint density at radius 1 is 1.06 bits per heavy atom. The average molecular weight is 441 g/mol. The van der Waals surface area contributed by atoms with Gasteiger partial charge in [0, 0.05) is 6.42 Å². The normalized spacial score (nSPS) is 29.2. The minimum absolute atomic E-state index is 0.0674. The van der Waals surface area contributed by atoms with Crippen LogP contribution in [0.25, 0.3) is 0 Å². The topological polar surface area (TPSA) is 35.5 Å². The summed E-state index contributed by atoms with van der Waals surface area (Å²) < 4.78 is 12.7. The lowest BCUT2D eigenvalue weighted by Gasteiger charge is -2.39. The highest BCUT2D eigenvalue weighted by Gasteiger charge is 2.39. The first kappa shape index (κ1) is 24.0. The molecule has 0 N–H and O–H groups in total. The number of carbonyl (C=O) groups is 1. The molecule has 4 atom stereocenters. The number of hydrogen-bond acceptors (Lipinski definition) is 3. The van der Waals surface area contributed by atoms with Gasteiger partial charge in [0.05, 0.1) is 17.8 Å². The molecule has 1 aliphatic heterocycles. The van der Waals surface area contributed by atoms with Gasteiger partial charge in [0.15, 0.2) is 8.32 Å². The summed E-state index contributed by atoms with van der Waals surface area (Å²) in [7, 11) is -1.97. The van der Waals surface area contributed by atoms with Gasteiger partial charge in [-0.1, -0.05) is 62.8 Å². The summed E-state index contributed by atoms with van der Waals surface area (Å²) >= 11 is 0. The predicted octanol–water partition coefficient (Wildman–Crippen LogP) is 6.93. The van der Waals surface area contributed by atoms with Gasteiger partial charge in [-0.25, -0.2) is 4.79 Å². The quantitative estimate of drug-likeness (QED) is 0.369. The number of allylic oxidation sites excluding steroid dienone is 3. The van der Waals surface area contributed by atoms with Gasteiger partial charge in [0.1, 0.15) is 0 Å². The number of fused-ring (bicyclic) bond motifs is 2. The second kappa shape index (κ2) is 9.07. The Morgan fingerprint density at radius 2 is 1.74 bits per heavy atom. The van der Waals surface area contributed by atoms with Crippen molar-refractivity contribution < 1.29 is 14.0 Å². The molecular weight excluding hydrogens is 400 g/mol. The molecule has 31 heavy (non-hydrogen) atoms. The van der Waals surface area contributed by atoms with Crippen molar-refractivity contribution in [1.82, 2.24) is 0 Å². The number of ether oxygens (including phenoxy) is 1. The fourth-order valence-electron chi connectivity index (χ4n) is 4.32. The summed E-state index contributed by atoms with van der Waals surface area (Å²) in [6.45, 7) is 17.5. The van der Waals surface area contributed by atoms with Crippen molar-refractivity contribution >= 4 is 14.3 Å². The van der Waals surface area contributed by atoms with Crippen molar-refractivity contribution in [2.75, 3.05) is 0 Å². The fraction of sp³-hybridized carbons (Fsp3) is 0.593. The second-order valence-corrected chi connectivity index (χ2v) is 15.9. The predicted molar refractivity (Wildman–Crippen MR) is 131 cm³/mol. The Balaban J connectivity index is 2.00. The molecule has 1 aromatic carbocycles. The lowest BCUT2D eigenvalue weighted by Crippen LogP contribution is -2.44. The third-order valence-electron chi connectivity index (χ3n) is 7.15. The van der Waals surface area contributed by atoms with Crippen LogP contribution in [0, 0.1) is 25.7 Å². The molecule has 3 rings (SSSR count). The Labute approximate surface area is 190 Å². The number of esters is 1. The Morgan fingerprint density at radius 3 is 2.42 bits per heavy atom. The van der Waals surface area contributed by atoms with E-state index in [1.807, 2.05) is 13.8 Å². The summed E-state index contributed by atoms with van der Waals surface area (Å²) in [6.07, 6.45) is 11.4. The summed E-state index contributed by atoms with van der Waals surface area (Å²) in [4.78, 5) is 13.2. The largest absolute Gasteiger partial charge is 0.459 e. The van der Waals surface area contributed by atoms with Crippen LogP contribution in [0.2, 0.25) is 18.1 Å². The average Bonchev–Trinajstić information content (AvgIpc) is 3.33. The molecule has 1 unspecified atom stereocenters. The van der Waals surface area contributed by atoms with Crippen LogP contribution in [0.3, 0.4) is 0 Å². The molecule has 0 aromatic heterocycles. The van der Waals surface area contributed by atoms with Gasteiger partial charge >= 0.3 is 5.97 Å². The molecule has 3 nitrogen and oxygen atoms in total. The van der Waals surface area contributed by atoms with E-state index in [0.29, 0.717) is 18.3 Å². The van der Waals surface area contributed by atoms with Crippen LogP contribution in [0.15, 0.2) is 36.4 Å². The number of cyclic esters (lactones) is 1. The van der Waals surface area contributed by atoms with Crippen molar-refractivity contribution in [3.05, 3.63) is 58.7 Å². The minimum atomic E-state index is -1.97. The number of rotatable bonds is 2. The van der Waals surface area contributed by atoms with Crippen molar-refractivity contribution in [2.24, 2.45) is 11.8 Å². The molecule has 0 amide bonds. The Kier molecular flexibility index (Phi) is 7.02. The number of benzene rings is 1. The summed E-state index contributed by atoms with van der Waals surface area (Å²) in [6, 6.07) is 4.20. The van der Waals surface area contributed by atoms with E-state index in [-0.39, 0.29) is 23.2 Å². The van der Waals surface area contributed by atoms with E-state index in [0.717, 1.165) is 28.7 Å². The van der Waals surface area contributed by atoms with Gasteiger partial charge in [0.2, 0.25) is 0 Å². The van der Waals surface area contributed by atoms with Gasteiger partial charge in [-0.15, -0.1) is 0 Å². The monoisotopic (exact) mass is 440 g/mol. The van der Waals surface area contributed by atoms with E-state index < -0.39 is 8.32 Å². The van der Waals surface area contributed by atoms with E-state index in [2.05, 4.69) is 77.2 Å². The highest BCUT2D eigenvalue weighted by molar-refractivity contribution is 6.74. The van der Waals surface area contributed by atoms with E-state index in [1.165, 1.54) is 6.42 Å². The molecule has 1 aliphatic carbocycles. The summed E-state index contributed by atoms with van der Waals surface area (Å²) in [5, 5.41) is 0.122. The van der Waals surface area contributed by atoms with Crippen molar-refractivity contribution in [1.29, 1.82) is 0 Å². The zero-order valence-electron chi connectivity index (χ0n) is 20.6. The molecule has 1 saturated carbocycles. The van der Waals surface area contributed by atoms with Crippen LogP contribution in [-0.2, 0) is 15.6 Å². The molecular formula is C27H40O3Si. The SMILES string of the molecule is Cc1cc(C)c2c(c1)CC(O[Si](C)(C)C(C)(C)C)/C=C/C=C\[C@H]1C[C@@H]1C[C@@H](C)OC2=O. The third kappa shape index (κ3) is 5.98. The van der Waals surface area contributed by atoms with Crippen molar-refractivity contribution in [3.63, 3.8) is 0 Å². The molecule has 0 saturated heterocycles. The smallest absolute Gasteiger partial charge is 0.338 e. The van der Waals surface area contributed by atoms with Gasteiger partial charge in [-0.2, -0.15) is 0 Å². The maximum atomic E-state index is 13.2. The highest BCUT2D eigenvalue weighted by atomic mass is 28.4. The molecule has 1 heterocycles. The van der Waals surface area contributed by atoms with Crippen molar-refractivity contribution in [3.8, 4) is 0 Å². The van der Waals surface area contributed by atoms with Crippen LogP contribution < -0.4 is 0 Å². The molecule has 2 aliphatic rings. The number of aryl methyl sites for hydroxylation is 2. The number of hydrogen-bond donors (Lipinski definition) is 0. The van der Waals surface area contributed by atoms with Crippen LogP contribution in [0.4, 0.5) is 0 Å². The molecule has 0 radical (unpaired) electrons. The van der Waals surface area contributed by atoms with Crippen LogP contribution in [0.5, 0.6) is 0 Å². The minimum Gasteiger partial charge on any atom is -0.459 e. The first-order valence-electron chi connectivity index (χ1n) is 11.7. The molecule has 0 spiro atoms. The molecule has 170 valence electrons. The standard InChI is InChI=1S/C27H40O3Si/c1-18-13-19(2)25-23(14-18)17-24(30-31(7,8)27(4,5)6)12-10-9-11-21-16-22(21)15-20(3)29-26(25)28/h9-14,20-22,24H,15-17H2,1-8H3/b11-9-,12-10+/t20-,21+,22+,24?/m1/s1. The van der Waals surface area contributed by atoms with Crippen molar-refractivity contribution in [2.45, 2.75) is 91.1 Å². The maximum absolute atomic E-state index is 13.2.